The molecule has 0 bridgehead atoms. The van der Waals surface area contributed by atoms with Gasteiger partial charge in [-0.15, -0.1) is 0 Å². The average molecular weight is 388 g/mol. The summed E-state index contributed by atoms with van der Waals surface area (Å²) in [5, 5.41) is 6.94. The van der Waals surface area contributed by atoms with Crippen molar-refractivity contribution in [3.63, 3.8) is 0 Å². The molecule has 1 saturated carbocycles. The van der Waals surface area contributed by atoms with Crippen LogP contribution in [0.5, 0.6) is 0 Å². The second-order valence-corrected chi connectivity index (χ2v) is 9.41. The van der Waals surface area contributed by atoms with Gasteiger partial charge >= 0.3 is 6.09 Å². The van der Waals surface area contributed by atoms with Crippen LogP contribution >= 0.6 is 0 Å². The van der Waals surface area contributed by atoms with E-state index in [2.05, 4.69) is 45.9 Å². The molecule has 1 aliphatic heterocycles. The summed E-state index contributed by atoms with van der Waals surface area (Å²) in [6.07, 6.45) is 6.53. The summed E-state index contributed by atoms with van der Waals surface area (Å²) >= 11 is 0. The van der Waals surface area contributed by atoms with Crippen molar-refractivity contribution in [2.24, 2.45) is 0 Å². The number of carbonyl (C=O) groups excluding carboxylic acids is 1. The fourth-order valence-electron chi connectivity index (χ4n) is 4.38. The average Bonchev–Trinajstić information content (AvgIpc) is 2.63. The van der Waals surface area contributed by atoms with E-state index in [-0.39, 0.29) is 12.1 Å². The summed E-state index contributed by atoms with van der Waals surface area (Å²) in [4.78, 5) is 14.6. The molecule has 1 amide bonds. The first kappa shape index (κ1) is 21.1. The molecule has 1 aromatic rings. The van der Waals surface area contributed by atoms with E-state index in [0.29, 0.717) is 12.1 Å². The molecule has 0 radical (unpaired) electrons. The lowest BCUT2D eigenvalue weighted by Gasteiger charge is -2.37. The highest BCUT2D eigenvalue weighted by Crippen LogP contribution is 2.22. The summed E-state index contributed by atoms with van der Waals surface area (Å²) in [6.45, 7) is 9.07. The summed E-state index contributed by atoms with van der Waals surface area (Å²) in [5.74, 6) is 0. The van der Waals surface area contributed by atoms with Crippen LogP contribution in [0, 0.1) is 0 Å². The highest BCUT2D eigenvalue weighted by atomic mass is 16.6. The third-order valence-electron chi connectivity index (χ3n) is 5.70. The predicted molar refractivity (Wildman–Crippen MR) is 113 cm³/mol. The number of nitrogens with zero attached hydrogens (tertiary/aromatic N) is 1. The number of carbonyl (C=O) groups is 1. The SMILES string of the molecule is CC(C)(C)OC(=O)NC1CCCC(NC2CCN(Cc3ccccc3)CC2)C1. The fraction of sp³-hybridized carbons (Fsp3) is 0.696. The van der Waals surface area contributed by atoms with E-state index in [1.165, 1.54) is 24.8 Å². The zero-order chi connectivity index (χ0) is 20.0. The molecule has 2 unspecified atom stereocenters. The van der Waals surface area contributed by atoms with Crippen LogP contribution in [0.4, 0.5) is 4.79 Å². The third kappa shape index (κ3) is 7.10. The van der Waals surface area contributed by atoms with Crippen molar-refractivity contribution in [2.45, 2.75) is 89.6 Å². The van der Waals surface area contributed by atoms with Crippen LogP contribution in [0.25, 0.3) is 0 Å². The number of likely N-dealkylation sites (tertiary alicyclic amines) is 1. The first-order valence-corrected chi connectivity index (χ1v) is 10.9. The van der Waals surface area contributed by atoms with Crippen LogP contribution in [0.2, 0.25) is 0 Å². The van der Waals surface area contributed by atoms with Crippen molar-refractivity contribution < 1.29 is 9.53 Å². The summed E-state index contributed by atoms with van der Waals surface area (Å²) < 4.78 is 5.41. The van der Waals surface area contributed by atoms with Gasteiger partial charge in [0.15, 0.2) is 0 Å². The minimum Gasteiger partial charge on any atom is -0.444 e. The molecule has 1 saturated heterocycles. The van der Waals surface area contributed by atoms with Gasteiger partial charge in [-0.05, 0) is 77.9 Å². The zero-order valence-electron chi connectivity index (χ0n) is 17.7. The van der Waals surface area contributed by atoms with Crippen LogP contribution in [0.1, 0.15) is 64.9 Å². The van der Waals surface area contributed by atoms with Crippen molar-refractivity contribution in [2.75, 3.05) is 13.1 Å². The first-order valence-electron chi connectivity index (χ1n) is 10.9. The number of alkyl carbamates (subject to hydrolysis) is 1. The molecule has 2 atom stereocenters. The minimum absolute atomic E-state index is 0.222. The summed E-state index contributed by atoms with van der Waals surface area (Å²) in [7, 11) is 0. The van der Waals surface area contributed by atoms with Crippen LogP contribution in [-0.4, -0.2) is 47.8 Å². The van der Waals surface area contributed by atoms with Crippen LogP contribution in [-0.2, 0) is 11.3 Å². The predicted octanol–water partition coefficient (Wildman–Crippen LogP) is 4.08. The molecule has 3 rings (SSSR count). The highest BCUT2D eigenvalue weighted by Gasteiger charge is 2.28. The van der Waals surface area contributed by atoms with E-state index in [9.17, 15) is 4.79 Å². The number of rotatable bonds is 5. The van der Waals surface area contributed by atoms with Crippen molar-refractivity contribution in [3.05, 3.63) is 35.9 Å². The van der Waals surface area contributed by atoms with Crippen LogP contribution < -0.4 is 10.6 Å². The first-order chi connectivity index (χ1) is 13.4. The van der Waals surface area contributed by atoms with E-state index < -0.39 is 5.60 Å². The largest absolute Gasteiger partial charge is 0.444 e. The normalized spacial score (nSPS) is 24.7. The van der Waals surface area contributed by atoms with E-state index in [1.807, 2.05) is 20.8 Å². The molecule has 156 valence electrons. The van der Waals surface area contributed by atoms with Gasteiger partial charge in [-0.25, -0.2) is 4.79 Å². The number of nitrogens with one attached hydrogen (secondary N) is 2. The van der Waals surface area contributed by atoms with Crippen molar-refractivity contribution in [1.82, 2.24) is 15.5 Å². The summed E-state index contributed by atoms with van der Waals surface area (Å²) in [5.41, 5.74) is 0.960. The van der Waals surface area contributed by atoms with Gasteiger partial charge in [0.25, 0.3) is 0 Å². The molecule has 1 aromatic carbocycles. The Morgan fingerprint density at radius 3 is 2.39 bits per heavy atom. The topological polar surface area (TPSA) is 53.6 Å². The van der Waals surface area contributed by atoms with Gasteiger partial charge in [-0.3, -0.25) is 4.90 Å². The van der Waals surface area contributed by atoms with Crippen LogP contribution in [0.15, 0.2) is 30.3 Å². The molecule has 28 heavy (non-hydrogen) atoms. The molecule has 2 fully saturated rings. The lowest BCUT2D eigenvalue weighted by atomic mass is 9.89. The fourth-order valence-corrected chi connectivity index (χ4v) is 4.38. The Hall–Kier alpha value is -1.59. The van der Waals surface area contributed by atoms with Gasteiger partial charge in [-0.2, -0.15) is 0 Å². The van der Waals surface area contributed by atoms with E-state index in [0.717, 1.165) is 38.9 Å². The lowest BCUT2D eigenvalue weighted by Crippen LogP contribution is -2.50. The number of piperidine rings is 1. The maximum Gasteiger partial charge on any atom is 0.407 e. The van der Waals surface area contributed by atoms with Crippen LogP contribution in [0.3, 0.4) is 0 Å². The molecule has 0 spiro atoms. The standard InChI is InChI=1S/C23H37N3O2/c1-23(2,3)28-22(27)25-21-11-7-10-20(16-21)24-19-12-14-26(15-13-19)17-18-8-5-4-6-9-18/h4-6,8-9,19-21,24H,7,10-17H2,1-3H3,(H,25,27). The Morgan fingerprint density at radius 2 is 1.71 bits per heavy atom. The van der Waals surface area contributed by atoms with Gasteiger partial charge in [0.05, 0.1) is 0 Å². The van der Waals surface area contributed by atoms with Crippen molar-refractivity contribution in [3.8, 4) is 0 Å². The second kappa shape index (κ2) is 9.75. The molecule has 1 aliphatic carbocycles. The summed E-state index contributed by atoms with van der Waals surface area (Å²) in [6, 6.07) is 12.1. The molecule has 1 heterocycles. The van der Waals surface area contributed by atoms with E-state index >= 15 is 0 Å². The molecule has 5 heteroatoms. The number of hydrogen-bond donors (Lipinski definition) is 2. The van der Waals surface area contributed by atoms with Crippen molar-refractivity contribution in [1.29, 1.82) is 0 Å². The smallest absolute Gasteiger partial charge is 0.407 e. The molecule has 0 aromatic heterocycles. The third-order valence-corrected chi connectivity index (χ3v) is 5.70. The molecule has 2 N–H and O–H groups in total. The Balaban J connectivity index is 1.38. The second-order valence-electron chi connectivity index (χ2n) is 9.41. The molecule has 2 aliphatic rings. The monoisotopic (exact) mass is 387 g/mol. The van der Waals surface area contributed by atoms with Gasteiger partial charge in [-0.1, -0.05) is 30.3 Å². The maximum atomic E-state index is 12.1. The van der Waals surface area contributed by atoms with Crippen molar-refractivity contribution >= 4 is 6.09 Å². The molecular weight excluding hydrogens is 350 g/mol. The Kier molecular flexibility index (Phi) is 7.36. The quantitative estimate of drug-likeness (QED) is 0.799. The highest BCUT2D eigenvalue weighted by molar-refractivity contribution is 5.68. The Bertz CT molecular complexity index is 606. The Labute approximate surface area is 170 Å². The molecular formula is C23H37N3O2. The molecule has 5 nitrogen and oxygen atoms in total. The number of benzene rings is 1. The number of hydrogen-bond acceptors (Lipinski definition) is 4. The number of amides is 1. The van der Waals surface area contributed by atoms with E-state index in [4.69, 9.17) is 4.74 Å². The van der Waals surface area contributed by atoms with Gasteiger partial charge in [0.2, 0.25) is 0 Å². The maximum absolute atomic E-state index is 12.1. The van der Waals surface area contributed by atoms with Gasteiger partial charge in [0.1, 0.15) is 5.60 Å². The van der Waals surface area contributed by atoms with Gasteiger partial charge < -0.3 is 15.4 Å². The number of ether oxygens (including phenoxy) is 1. The minimum atomic E-state index is -0.440. The van der Waals surface area contributed by atoms with Gasteiger partial charge in [0, 0.05) is 24.7 Å². The lowest BCUT2D eigenvalue weighted by molar-refractivity contribution is 0.0487. The zero-order valence-corrected chi connectivity index (χ0v) is 17.7. The van der Waals surface area contributed by atoms with E-state index in [1.54, 1.807) is 0 Å². The Morgan fingerprint density at radius 1 is 1.04 bits per heavy atom.